The summed E-state index contributed by atoms with van der Waals surface area (Å²) in [6, 6.07) is 0. The first-order chi connectivity index (χ1) is 4.29. The fraction of sp³-hybridized carbons (Fsp3) is 0.750. The van der Waals surface area contributed by atoms with E-state index in [1.807, 2.05) is 0 Å². The van der Waals surface area contributed by atoms with Crippen molar-refractivity contribution in [3.8, 4) is 0 Å². The highest BCUT2D eigenvalue weighted by Gasteiger charge is 2.39. The summed E-state index contributed by atoms with van der Waals surface area (Å²) in [6.45, 7) is 4.53. The Bertz CT molecular complexity index is 135. The Hall–Kier alpha value is -0.300. The Morgan fingerprint density at radius 3 is 1.67 bits per heavy atom. The van der Waals surface area contributed by atoms with Crippen LogP contribution in [0.5, 0.6) is 0 Å². The van der Waals surface area contributed by atoms with Crippen molar-refractivity contribution in [1.82, 2.24) is 0 Å². The second kappa shape index (κ2) is 1.60. The van der Waals surface area contributed by atoms with Gasteiger partial charge in [-0.05, 0) is 11.8 Å². The monoisotopic (exact) mass is 124 g/mol. The topological polar surface area (TPSA) is 9.23 Å². The van der Waals surface area contributed by atoms with Gasteiger partial charge in [0.15, 0.2) is 0 Å². The minimum atomic E-state index is 0.435. The smallest absolute Gasteiger partial charge is 0.0794 e. The van der Waals surface area contributed by atoms with E-state index >= 15 is 0 Å². The van der Waals surface area contributed by atoms with Crippen LogP contribution in [0.25, 0.3) is 0 Å². The van der Waals surface area contributed by atoms with Crippen LogP contribution in [0.15, 0.2) is 12.2 Å². The van der Waals surface area contributed by atoms with Gasteiger partial charge in [0.2, 0.25) is 0 Å². The fourth-order valence-electron chi connectivity index (χ4n) is 1.69. The summed E-state index contributed by atoms with van der Waals surface area (Å²) in [5, 5.41) is 0. The number of hydrogen-bond donors (Lipinski definition) is 0. The molecule has 2 rings (SSSR count). The first-order valence-corrected chi connectivity index (χ1v) is 3.63. The second-order valence-corrected chi connectivity index (χ2v) is 3.17. The van der Waals surface area contributed by atoms with Crippen molar-refractivity contribution in [1.29, 1.82) is 0 Å². The highest BCUT2D eigenvalue weighted by atomic mass is 16.5. The zero-order valence-corrected chi connectivity index (χ0v) is 5.87. The molecule has 0 aromatic carbocycles. The third-order valence-electron chi connectivity index (χ3n) is 2.67. The van der Waals surface area contributed by atoms with Crippen molar-refractivity contribution in [2.75, 3.05) is 0 Å². The van der Waals surface area contributed by atoms with E-state index in [-0.39, 0.29) is 0 Å². The van der Waals surface area contributed by atoms with Gasteiger partial charge < -0.3 is 4.74 Å². The van der Waals surface area contributed by atoms with E-state index in [1.165, 1.54) is 0 Å². The van der Waals surface area contributed by atoms with Gasteiger partial charge in [0, 0.05) is 0 Å². The molecule has 1 nitrogen and oxygen atoms in total. The molecule has 2 aliphatic rings. The minimum absolute atomic E-state index is 0.435. The quantitative estimate of drug-likeness (QED) is 0.446. The van der Waals surface area contributed by atoms with Gasteiger partial charge in [0.05, 0.1) is 12.2 Å². The van der Waals surface area contributed by atoms with Gasteiger partial charge in [-0.3, -0.25) is 0 Å². The van der Waals surface area contributed by atoms with Crippen LogP contribution < -0.4 is 0 Å². The lowest BCUT2D eigenvalue weighted by atomic mass is 9.86. The van der Waals surface area contributed by atoms with Crippen LogP contribution in [-0.4, -0.2) is 12.2 Å². The maximum Gasteiger partial charge on any atom is 0.0794 e. The lowest BCUT2D eigenvalue weighted by Gasteiger charge is -2.15. The lowest BCUT2D eigenvalue weighted by Crippen LogP contribution is -2.17. The third-order valence-corrected chi connectivity index (χ3v) is 2.67. The zero-order valence-electron chi connectivity index (χ0n) is 5.87. The van der Waals surface area contributed by atoms with Crippen molar-refractivity contribution in [2.24, 2.45) is 11.8 Å². The first kappa shape index (κ1) is 5.48. The molecule has 0 amide bonds. The van der Waals surface area contributed by atoms with Crippen LogP contribution in [0.2, 0.25) is 0 Å². The van der Waals surface area contributed by atoms with Gasteiger partial charge >= 0.3 is 0 Å². The second-order valence-electron chi connectivity index (χ2n) is 3.17. The molecule has 2 heterocycles. The van der Waals surface area contributed by atoms with Gasteiger partial charge in [0.25, 0.3) is 0 Å². The van der Waals surface area contributed by atoms with Crippen molar-refractivity contribution in [3.05, 3.63) is 12.2 Å². The van der Waals surface area contributed by atoms with E-state index in [9.17, 15) is 0 Å². The molecule has 0 aliphatic carbocycles. The summed E-state index contributed by atoms with van der Waals surface area (Å²) in [5.41, 5.74) is 0. The zero-order chi connectivity index (χ0) is 6.43. The molecule has 2 bridgehead atoms. The van der Waals surface area contributed by atoms with Gasteiger partial charge in [-0.2, -0.15) is 0 Å². The van der Waals surface area contributed by atoms with E-state index < -0.39 is 0 Å². The average molecular weight is 124 g/mol. The van der Waals surface area contributed by atoms with Crippen molar-refractivity contribution < 1.29 is 4.74 Å². The maximum atomic E-state index is 5.59. The SMILES string of the molecule is C[C@@H]1[C@H]2C=CC(O2)[C@@H]1C. The molecule has 0 spiro atoms. The maximum absolute atomic E-state index is 5.59. The fourth-order valence-corrected chi connectivity index (χ4v) is 1.69. The molecular formula is C8H12O. The molecule has 1 unspecified atom stereocenters. The highest BCUT2D eigenvalue weighted by molar-refractivity contribution is 5.12. The van der Waals surface area contributed by atoms with Crippen molar-refractivity contribution in [3.63, 3.8) is 0 Å². The molecule has 0 N–H and O–H groups in total. The van der Waals surface area contributed by atoms with Gasteiger partial charge in [-0.1, -0.05) is 26.0 Å². The molecule has 0 aromatic rings. The van der Waals surface area contributed by atoms with Gasteiger partial charge in [-0.15, -0.1) is 0 Å². The number of rotatable bonds is 0. The molecular weight excluding hydrogens is 112 g/mol. The highest BCUT2D eigenvalue weighted by Crippen LogP contribution is 2.37. The van der Waals surface area contributed by atoms with E-state index in [2.05, 4.69) is 26.0 Å². The van der Waals surface area contributed by atoms with Crippen LogP contribution in [0, 0.1) is 11.8 Å². The third kappa shape index (κ3) is 0.584. The molecule has 2 aliphatic heterocycles. The first-order valence-electron chi connectivity index (χ1n) is 3.63. The molecule has 0 saturated carbocycles. The normalized spacial score (nSPS) is 54.9. The number of fused-ring (bicyclic) bond motifs is 2. The number of ether oxygens (including phenoxy) is 1. The predicted octanol–water partition coefficient (Wildman–Crippen LogP) is 1.60. The summed E-state index contributed by atoms with van der Waals surface area (Å²) < 4.78 is 5.59. The molecule has 0 radical (unpaired) electrons. The Morgan fingerprint density at radius 2 is 1.44 bits per heavy atom. The summed E-state index contributed by atoms with van der Waals surface area (Å²) in [4.78, 5) is 0. The average Bonchev–Trinajstić information content (AvgIpc) is 2.37. The molecule has 0 aromatic heterocycles. The molecule has 9 heavy (non-hydrogen) atoms. The summed E-state index contributed by atoms with van der Waals surface area (Å²) in [7, 11) is 0. The lowest BCUT2D eigenvalue weighted by molar-refractivity contribution is 0.105. The van der Waals surface area contributed by atoms with Crippen LogP contribution >= 0.6 is 0 Å². The van der Waals surface area contributed by atoms with Crippen molar-refractivity contribution >= 4 is 0 Å². The van der Waals surface area contributed by atoms with Gasteiger partial charge in [0.1, 0.15) is 0 Å². The van der Waals surface area contributed by atoms with Crippen LogP contribution in [0.4, 0.5) is 0 Å². The molecule has 4 atom stereocenters. The standard InChI is InChI=1S/C8H12O/c1-5-6(2)8-4-3-7(5)9-8/h3-8H,1-2H3/t5-,6+,7+,8?/m0/s1. The minimum Gasteiger partial charge on any atom is -0.366 e. The number of hydrogen-bond acceptors (Lipinski definition) is 1. The van der Waals surface area contributed by atoms with E-state index in [0.29, 0.717) is 12.2 Å². The van der Waals surface area contributed by atoms with E-state index in [4.69, 9.17) is 4.74 Å². The van der Waals surface area contributed by atoms with E-state index in [1.54, 1.807) is 0 Å². The molecule has 1 saturated heterocycles. The van der Waals surface area contributed by atoms with Crippen LogP contribution in [0.3, 0.4) is 0 Å². The predicted molar refractivity (Wildman–Crippen MR) is 36.1 cm³/mol. The summed E-state index contributed by atoms with van der Waals surface area (Å²) in [5.74, 6) is 1.47. The Morgan fingerprint density at radius 1 is 1.00 bits per heavy atom. The largest absolute Gasteiger partial charge is 0.366 e. The van der Waals surface area contributed by atoms with Crippen molar-refractivity contribution in [2.45, 2.75) is 26.1 Å². The van der Waals surface area contributed by atoms with E-state index in [0.717, 1.165) is 11.8 Å². The Labute approximate surface area is 55.7 Å². The molecule has 1 fully saturated rings. The van der Waals surface area contributed by atoms with Crippen LogP contribution in [0.1, 0.15) is 13.8 Å². The Balaban J connectivity index is 2.26. The molecule has 50 valence electrons. The van der Waals surface area contributed by atoms with Crippen LogP contribution in [-0.2, 0) is 4.74 Å². The summed E-state index contributed by atoms with van der Waals surface area (Å²) in [6.07, 6.45) is 5.25. The summed E-state index contributed by atoms with van der Waals surface area (Å²) >= 11 is 0. The Kier molecular flexibility index (Phi) is 0.974. The van der Waals surface area contributed by atoms with Gasteiger partial charge in [-0.25, -0.2) is 0 Å². The molecule has 1 heteroatoms.